The Labute approximate surface area is 90.0 Å². The zero-order valence-electron chi connectivity index (χ0n) is 8.92. The Hall–Kier alpha value is -1.57. The van der Waals surface area contributed by atoms with Gasteiger partial charge >= 0.3 is 0 Å². The molecule has 0 spiro atoms. The van der Waals surface area contributed by atoms with Crippen LogP contribution in [0.2, 0.25) is 0 Å². The highest BCUT2D eigenvalue weighted by molar-refractivity contribution is 5.97. The molecule has 0 radical (unpaired) electrons. The number of allylic oxidation sites excluding steroid dienone is 1. The summed E-state index contributed by atoms with van der Waals surface area (Å²) in [4.78, 5) is 11.3. The van der Waals surface area contributed by atoms with Crippen molar-refractivity contribution in [3.63, 3.8) is 0 Å². The van der Waals surface area contributed by atoms with E-state index in [0.29, 0.717) is 6.42 Å². The minimum absolute atomic E-state index is 0.287. The van der Waals surface area contributed by atoms with Gasteiger partial charge < -0.3 is 5.32 Å². The molecule has 0 aromatic heterocycles. The number of benzene rings is 1. The molecule has 1 saturated carbocycles. The molecule has 1 aromatic rings. The molecule has 0 bridgehead atoms. The predicted octanol–water partition coefficient (Wildman–Crippen LogP) is 3.04. The lowest BCUT2D eigenvalue weighted by Gasteiger charge is -2.02. The first-order chi connectivity index (χ1) is 7.25. The highest BCUT2D eigenvalue weighted by Crippen LogP contribution is 2.20. The zero-order valence-corrected chi connectivity index (χ0v) is 8.92. The van der Waals surface area contributed by atoms with Crippen LogP contribution < -0.4 is 5.32 Å². The minimum atomic E-state index is 0.287. The molecule has 1 fully saturated rings. The largest absolute Gasteiger partial charge is 0.361 e. The van der Waals surface area contributed by atoms with E-state index in [-0.39, 0.29) is 5.78 Å². The van der Waals surface area contributed by atoms with Gasteiger partial charge in [-0.3, -0.25) is 4.79 Å². The number of carbonyl (C=O) groups excluding carboxylic acids is 1. The van der Waals surface area contributed by atoms with Crippen molar-refractivity contribution in [1.29, 1.82) is 0 Å². The summed E-state index contributed by atoms with van der Waals surface area (Å²) in [6.45, 7) is 2.06. The van der Waals surface area contributed by atoms with Crippen LogP contribution in [0.3, 0.4) is 0 Å². The van der Waals surface area contributed by atoms with Crippen LogP contribution in [0.5, 0.6) is 0 Å². The third-order valence-corrected chi connectivity index (χ3v) is 2.67. The van der Waals surface area contributed by atoms with E-state index in [1.165, 1.54) is 5.56 Å². The molecule has 1 aromatic carbocycles. The lowest BCUT2D eigenvalue weighted by atomic mass is 10.2. The SMILES string of the molecule is Cc1ccc(N/C=C2/CCCC2=O)cc1. The molecule has 2 nitrogen and oxygen atoms in total. The van der Waals surface area contributed by atoms with Crippen molar-refractivity contribution in [2.24, 2.45) is 0 Å². The van der Waals surface area contributed by atoms with Crippen LogP contribution in [0.4, 0.5) is 5.69 Å². The van der Waals surface area contributed by atoms with Crippen molar-refractivity contribution in [2.45, 2.75) is 26.2 Å². The molecule has 0 unspecified atom stereocenters. The number of rotatable bonds is 2. The number of ketones is 1. The fraction of sp³-hybridized carbons (Fsp3) is 0.308. The van der Waals surface area contributed by atoms with Crippen molar-refractivity contribution < 1.29 is 4.79 Å². The van der Waals surface area contributed by atoms with Gasteiger partial charge in [0.15, 0.2) is 5.78 Å². The average Bonchev–Trinajstić information content (AvgIpc) is 2.63. The van der Waals surface area contributed by atoms with Crippen LogP contribution in [0.15, 0.2) is 36.0 Å². The average molecular weight is 201 g/mol. The molecule has 1 aliphatic rings. The fourth-order valence-electron chi connectivity index (χ4n) is 1.71. The maximum atomic E-state index is 11.3. The van der Waals surface area contributed by atoms with E-state index in [1.54, 1.807) is 0 Å². The van der Waals surface area contributed by atoms with Crippen LogP contribution in [0, 0.1) is 6.92 Å². The van der Waals surface area contributed by atoms with Gasteiger partial charge in [0.2, 0.25) is 0 Å². The summed E-state index contributed by atoms with van der Waals surface area (Å²) in [5.41, 5.74) is 3.20. The Bertz CT molecular complexity index is 390. The molecule has 0 aliphatic heterocycles. The Morgan fingerprint density at radius 3 is 2.53 bits per heavy atom. The summed E-state index contributed by atoms with van der Waals surface area (Å²) in [6.07, 6.45) is 4.47. The van der Waals surface area contributed by atoms with Crippen molar-refractivity contribution in [2.75, 3.05) is 5.32 Å². The standard InChI is InChI=1S/C13H15NO/c1-10-5-7-12(8-6-10)14-9-11-3-2-4-13(11)15/h5-9,14H,2-4H2,1H3/b11-9-. The van der Waals surface area contributed by atoms with Gasteiger partial charge in [-0.25, -0.2) is 0 Å². The first kappa shape index (κ1) is 9.97. The second-order valence-electron chi connectivity index (χ2n) is 3.96. The zero-order chi connectivity index (χ0) is 10.7. The molecule has 78 valence electrons. The molecular weight excluding hydrogens is 186 g/mol. The number of hydrogen-bond donors (Lipinski definition) is 1. The Morgan fingerprint density at radius 1 is 1.20 bits per heavy atom. The topological polar surface area (TPSA) is 29.1 Å². The van der Waals surface area contributed by atoms with Crippen LogP contribution in [-0.4, -0.2) is 5.78 Å². The van der Waals surface area contributed by atoms with E-state index in [1.807, 2.05) is 18.3 Å². The number of anilines is 1. The Morgan fingerprint density at radius 2 is 1.93 bits per heavy atom. The van der Waals surface area contributed by atoms with Gasteiger partial charge in [-0.05, 0) is 31.9 Å². The van der Waals surface area contributed by atoms with Gasteiger partial charge in [0.25, 0.3) is 0 Å². The highest BCUT2D eigenvalue weighted by Gasteiger charge is 2.16. The van der Waals surface area contributed by atoms with E-state index in [2.05, 4.69) is 24.4 Å². The fourth-order valence-corrected chi connectivity index (χ4v) is 1.71. The van der Waals surface area contributed by atoms with E-state index < -0.39 is 0 Å². The minimum Gasteiger partial charge on any atom is -0.361 e. The number of hydrogen-bond acceptors (Lipinski definition) is 2. The lowest BCUT2D eigenvalue weighted by molar-refractivity contribution is -0.114. The van der Waals surface area contributed by atoms with Crippen molar-refractivity contribution in [1.82, 2.24) is 0 Å². The number of aryl methyl sites for hydroxylation is 1. The summed E-state index contributed by atoms with van der Waals surface area (Å²) in [5, 5.41) is 3.16. The van der Waals surface area contributed by atoms with Gasteiger partial charge in [0.1, 0.15) is 0 Å². The molecule has 0 atom stereocenters. The molecule has 0 saturated heterocycles. The van der Waals surface area contributed by atoms with E-state index in [9.17, 15) is 4.79 Å². The second-order valence-corrected chi connectivity index (χ2v) is 3.96. The summed E-state index contributed by atoms with van der Waals surface area (Å²) in [6, 6.07) is 8.15. The molecule has 2 heteroatoms. The smallest absolute Gasteiger partial charge is 0.160 e. The van der Waals surface area contributed by atoms with Gasteiger partial charge in [-0.1, -0.05) is 17.7 Å². The van der Waals surface area contributed by atoms with Crippen LogP contribution in [0.25, 0.3) is 0 Å². The maximum absolute atomic E-state index is 11.3. The molecule has 2 rings (SSSR count). The van der Waals surface area contributed by atoms with E-state index >= 15 is 0 Å². The summed E-state index contributed by atoms with van der Waals surface area (Å²) < 4.78 is 0. The van der Waals surface area contributed by atoms with Crippen LogP contribution in [0.1, 0.15) is 24.8 Å². The number of Topliss-reactive ketones (excluding diaryl/α,β-unsaturated/α-hetero) is 1. The summed E-state index contributed by atoms with van der Waals surface area (Å²) >= 11 is 0. The third-order valence-electron chi connectivity index (χ3n) is 2.67. The van der Waals surface area contributed by atoms with E-state index in [4.69, 9.17) is 0 Å². The molecule has 1 N–H and O–H groups in total. The molecule has 0 amide bonds. The Balaban J connectivity index is 2.03. The lowest BCUT2D eigenvalue weighted by Crippen LogP contribution is -1.96. The number of carbonyl (C=O) groups is 1. The van der Waals surface area contributed by atoms with Crippen molar-refractivity contribution >= 4 is 11.5 Å². The summed E-state index contributed by atoms with van der Waals surface area (Å²) in [5.74, 6) is 0.287. The van der Waals surface area contributed by atoms with Crippen LogP contribution in [-0.2, 0) is 4.79 Å². The quantitative estimate of drug-likeness (QED) is 0.745. The van der Waals surface area contributed by atoms with Crippen LogP contribution >= 0.6 is 0 Å². The first-order valence-corrected chi connectivity index (χ1v) is 5.31. The van der Waals surface area contributed by atoms with Gasteiger partial charge in [0, 0.05) is 23.9 Å². The molecular formula is C13H15NO. The Kier molecular flexibility index (Phi) is 2.86. The van der Waals surface area contributed by atoms with E-state index in [0.717, 1.165) is 24.1 Å². The predicted molar refractivity (Wildman–Crippen MR) is 61.7 cm³/mol. The number of nitrogens with one attached hydrogen (secondary N) is 1. The normalized spacial score (nSPS) is 18.5. The molecule has 0 heterocycles. The third kappa shape index (κ3) is 2.46. The molecule has 1 aliphatic carbocycles. The summed E-state index contributed by atoms with van der Waals surface area (Å²) in [7, 11) is 0. The van der Waals surface area contributed by atoms with Gasteiger partial charge in [0.05, 0.1) is 0 Å². The van der Waals surface area contributed by atoms with Crippen molar-refractivity contribution in [3.05, 3.63) is 41.6 Å². The highest BCUT2D eigenvalue weighted by atomic mass is 16.1. The van der Waals surface area contributed by atoms with Gasteiger partial charge in [-0.2, -0.15) is 0 Å². The first-order valence-electron chi connectivity index (χ1n) is 5.31. The maximum Gasteiger partial charge on any atom is 0.160 e. The van der Waals surface area contributed by atoms with Gasteiger partial charge in [-0.15, -0.1) is 0 Å². The second kappa shape index (κ2) is 4.30. The molecule has 15 heavy (non-hydrogen) atoms. The van der Waals surface area contributed by atoms with Crippen molar-refractivity contribution in [3.8, 4) is 0 Å². The monoisotopic (exact) mass is 201 g/mol.